The maximum absolute atomic E-state index is 7.24. The number of anilines is 1. The number of ether oxygens (including phenoxy) is 4. The zero-order chi connectivity index (χ0) is 35.5. The number of halogens is 1. The van der Waals surface area contributed by atoms with E-state index in [2.05, 4.69) is 87.5 Å². The van der Waals surface area contributed by atoms with Crippen molar-refractivity contribution in [3.8, 4) is 35.5 Å². The van der Waals surface area contributed by atoms with Crippen LogP contribution >= 0.6 is 11.6 Å². The van der Waals surface area contributed by atoms with Gasteiger partial charge in [-0.3, -0.25) is 0 Å². The maximum Gasteiger partial charge on any atom is 0.252 e. The summed E-state index contributed by atoms with van der Waals surface area (Å²) in [5, 5.41) is 0.837. The van der Waals surface area contributed by atoms with Gasteiger partial charge in [-0.25, -0.2) is 0 Å². The number of rotatable bonds is 12. The summed E-state index contributed by atoms with van der Waals surface area (Å²) in [5.74, 6) is 3.03. The highest BCUT2D eigenvalue weighted by atomic mass is 35.5. The summed E-state index contributed by atoms with van der Waals surface area (Å²) < 4.78 is 25.6. The van der Waals surface area contributed by atoms with Gasteiger partial charge in [-0.05, 0) is 81.4 Å². The summed E-state index contributed by atoms with van der Waals surface area (Å²) in [6.45, 7) is 17.8. The highest BCUT2D eigenvalue weighted by Crippen LogP contribution is 2.54. The molecule has 0 aromatic heterocycles. The van der Waals surface area contributed by atoms with Crippen LogP contribution in [0.5, 0.6) is 23.0 Å². The van der Waals surface area contributed by atoms with Crippen molar-refractivity contribution in [3.63, 3.8) is 0 Å². The standard InChI is InChI=1S/C42H52ClN2O4/c1-11-22-44-36(41(5,6)32-24-30(48-13-3)26-34(46-9)39(32)44)20-18-28-16-15-17-29(38(28)43)19-21-37-42(7,8)33-25-31(49-14-4)27-35(47-10)40(33)45(37)23-12-2/h3,18-21,24-27H,11-12,14-17,22-23H2,1-2,4-10H3/q+1. The second-order valence-electron chi connectivity index (χ2n) is 13.9. The minimum absolute atomic E-state index is 0.246. The minimum Gasteiger partial charge on any atom is -0.494 e. The van der Waals surface area contributed by atoms with Gasteiger partial charge in [0.2, 0.25) is 0 Å². The maximum atomic E-state index is 7.24. The van der Waals surface area contributed by atoms with E-state index in [0.717, 1.165) is 95.6 Å². The molecule has 1 aliphatic carbocycles. The molecule has 0 radical (unpaired) electrons. The molecule has 2 aromatic rings. The van der Waals surface area contributed by atoms with Crippen LogP contribution in [0.1, 0.15) is 91.7 Å². The van der Waals surface area contributed by atoms with E-state index in [9.17, 15) is 0 Å². The highest BCUT2D eigenvalue weighted by Gasteiger charge is 2.47. The molecule has 2 aliphatic heterocycles. The lowest BCUT2D eigenvalue weighted by molar-refractivity contribution is -0.438. The van der Waals surface area contributed by atoms with Crippen LogP contribution in [-0.4, -0.2) is 44.2 Å². The third-order valence-electron chi connectivity index (χ3n) is 10.0. The van der Waals surface area contributed by atoms with Gasteiger partial charge in [-0.1, -0.05) is 57.9 Å². The van der Waals surface area contributed by atoms with Crippen LogP contribution in [-0.2, 0) is 10.8 Å². The number of hydrogen-bond donors (Lipinski definition) is 0. The quantitative estimate of drug-likeness (QED) is 0.165. The van der Waals surface area contributed by atoms with Crippen LogP contribution in [0, 0.1) is 12.5 Å². The Labute approximate surface area is 298 Å². The van der Waals surface area contributed by atoms with E-state index >= 15 is 0 Å². The van der Waals surface area contributed by atoms with Gasteiger partial charge >= 0.3 is 0 Å². The number of allylic oxidation sites excluding steroid dienone is 8. The van der Waals surface area contributed by atoms with E-state index < -0.39 is 0 Å². The molecule has 5 rings (SSSR count). The van der Waals surface area contributed by atoms with Crippen molar-refractivity contribution < 1.29 is 23.5 Å². The fourth-order valence-electron chi connectivity index (χ4n) is 7.63. The number of benzene rings is 2. The van der Waals surface area contributed by atoms with Crippen molar-refractivity contribution >= 4 is 28.7 Å². The highest BCUT2D eigenvalue weighted by molar-refractivity contribution is 6.32. The number of methoxy groups -OCH3 is 2. The van der Waals surface area contributed by atoms with E-state index in [-0.39, 0.29) is 10.8 Å². The Bertz CT molecular complexity index is 1800. The molecule has 260 valence electrons. The Balaban J connectivity index is 1.54. The first-order valence-corrected chi connectivity index (χ1v) is 18.0. The molecule has 0 amide bonds. The van der Waals surface area contributed by atoms with E-state index in [1.54, 1.807) is 14.2 Å². The summed E-state index contributed by atoms with van der Waals surface area (Å²) in [5.41, 5.74) is 8.72. The molecular weight excluding hydrogens is 632 g/mol. The minimum atomic E-state index is -0.304. The van der Waals surface area contributed by atoms with Gasteiger partial charge in [0.05, 0.1) is 31.9 Å². The molecule has 0 atom stereocenters. The molecule has 6 nitrogen and oxygen atoms in total. The van der Waals surface area contributed by atoms with E-state index in [4.69, 9.17) is 37.0 Å². The Hall–Kier alpha value is -4.08. The van der Waals surface area contributed by atoms with Crippen LogP contribution < -0.4 is 23.8 Å². The van der Waals surface area contributed by atoms with Crippen molar-refractivity contribution in [1.82, 2.24) is 0 Å². The van der Waals surface area contributed by atoms with E-state index in [0.29, 0.717) is 12.4 Å². The summed E-state index contributed by atoms with van der Waals surface area (Å²) in [6.07, 6.45) is 21.7. The molecule has 0 bridgehead atoms. The van der Waals surface area contributed by atoms with Crippen LogP contribution in [0.15, 0.2) is 70.4 Å². The summed E-state index contributed by atoms with van der Waals surface area (Å²) >= 11 is 7.24. The molecule has 3 aliphatic rings. The first-order chi connectivity index (χ1) is 23.5. The van der Waals surface area contributed by atoms with Crippen LogP contribution in [0.4, 0.5) is 11.4 Å². The van der Waals surface area contributed by atoms with Crippen molar-refractivity contribution in [2.75, 3.05) is 38.8 Å². The van der Waals surface area contributed by atoms with Gasteiger partial charge in [0.1, 0.15) is 29.9 Å². The Morgan fingerprint density at radius 3 is 2.27 bits per heavy atom. The van der Waals surface area contributed by atoms with Crippen molar-refractivity contribution in [2.45, 2.75) is 91.4 Å². The van der Waals surface area contributed by atoms with Crippen LogP contribution in [0.25, 0.3) is 0 Å². The molecule has 0 saturated heterocycles. The van der Waals surface area contributed by atoms with Crippen molar-refractivity contribution in [2.24, 2.45) is 0 Å². The summed E-state index contributed by atoms with van der Waals surface area (Å²) in [7, 11) is 3.43. The monoisotopic (exact) mass is 683 g/mol. The van der Waals surface area contributed by atoms with Gasteiger partial charge in [-0.2, -0.15) is 4.58 Å². The van der Waals surface area contributed by atoms with E-state index in [1.165, 1.54) is 17.0 Å². The van der Waals surface area contributed by atoms with Gasteiger partial charge in [-0.15, -0.1) is 0 Å². The summed E-state index contributed by atoms with van der Waals surface area (Å²) in [6, 6.07) is 8.09. The fourth-order valence-corrected chi connectivity index (χ4v) is 7.95. The second kappa shape index (κ2) is 14.8. The zero-order valence-electron chi connectivity index (χ0n) is 30.8. The first-order valence-electron chi connectivity index (χ1n) is 17.6. The lowest BCUT2D eigenvalue weighted by Crippen LogP contribution is -2.28. The van der Waals surface area contributed by atoms with Crippen molar-refractivity contribution in [3.05, 3.63) is 81.6 Å². The van der Waals surface area contributed by atoms with Crippen LogP contribution in [0.3, 0.4) is 0 Å². The first kappa shape index (κ1) is 36.2. The van der Waals surface area contributed by atoms with Gasteiger partial charge < -0.3 is 23.8 Å². The van der Waals surface area contributed by atoms with Crippen molar-refractivity contribution in [1.29, 1.82) is 0 Å². The number of nitrogens with zero attached hydrogens (tertiary/aromatic N) is 2. The Morgan fingerprint density at radius 1 is 0.898 bits per heavy atom. The van der Waals surface area contributed by atoms with Crippen LogP contribution in [0.2, 0.25) is 0 Å². The third-order valence-corrected chi connectivity index (χ3v) is 10.5. The second-order valence-corrected chi connectivity index (χ2v) is 14.3. The van der Waals surface area contributed by atoms with Gasteiger partial charge in [0, 0.05) is 52.9 Å². The fraction of sp³-hybridized carbons (Fsp3) is 0.452. The third kappa shape index (κ3) is 6.63. The summed E-state index contributed by atoms with van der Waals surface area (Å²) in [4.78, 5) is 2.37. The molecule has 2 heterocycles. The molecule has 0 spiro atoms. The SMILES string of the molecule is C#COc1cc(OC)c2c(c1)C(C)(C)/C(=C/C=C1\CCCC(/C=C/C3=[N+](CCC)c4c(OC)cc(OCC)cc4C3(C)C)=C1Cl)N2CCC. The topological polar surface area (TPSA) is 43.2 Å². The molecule has 2 aromatic carbocycles. The number of fused-ring (bicyclic) bond motifs is 2. The largest absolute Gasteiger partial charge is 0.494 e. The molecule has 49 heavy (non-hydrogen) atoms. The molecule has 0 saturated carbocycles. The number of hydrogen-bond acceptors (Lipinski definition) is 5. The van der Waals surface area contributed by atoms with Gasteiger partial charge in [0.15, 0.2) is 11.5 Å². The predicted molar refractivity (Wildman–Crippen MR) is 202 cm³/mol. The Morgan fingerprint density at radius 2 is 1.61 bits per heavy atom. The smallest absolute Gasteiger partial charge is 0.252 e. The molecular formula is C42H52ClN2O4+. The lowest BCUT2D eigenvalue weighted by Gasteiger charge is -2.27. The molecule has 0 unspecified atom stereocenters. The predicted octanol–water partition coefficient (Wildman–Crippen LogP) is 10.1. The van der Waals surface area contributed by atoms with E-state index in [1.807, 2.05) is 25.1 Å². The Kier molecular flexibility index (Phi) is 10.9. The molecule has 0 fully saturated rings. The average Bonchev–Trinajstić information content (AvgIpc) is 3.41. The normalized spacial score (nSPS) is 19.5. The average molecular weight is 684 g/mol. The lowest BCUT2D eigenvalue weighted by atomic mass is 9.80. The number of terminal acetylenes is 1. The molecule has 7 heteroatoms. The molecule has 0 N–H and O–H groups in total. The van der Waals surface area contributed by atoms with Gasteiger partial charge in [0.25, 0.3) is 5.69 Å². The zero-order valence-corrected chi connectivity index (χ0v) is 31.5.